The Bertz CT molecular complexity index is 153. The molecular weight excluding hydrogens is 198 g/mol. The van der Waals surface area contributed by atoms with Crippen molar-refractivity contribution in [3.8, 4) is 0 Å². The number of nitrogens with one attached hydrogen (secondary N) is 1. The minimum Gasteiger partial charge on any atom is -0.391 e. The molecule has 0 aliphatic carbocycles. The van der Waals surface area contributed by atoms with Gasteiger partial charge in [-0.3, -0.25) is 4.79 Å². The number of hydrogen-bond acceptors (Lipinski definition) is 3. The van der Waals surface area contributed by atoms with Crippen LogP contribution in [-0.4, -0.2) is 35.2 Å². The molecule has 0 aromatic heterocycles. The maximum atomic E-state index is 11.2. The molecule has 0 saturated heterocycles. The first-order valence-electron chi connectivity index (χ1n) is 5.23. The molecule has 1 amide bonds. The molecule has 0 aliphatic rings. The van der Waals surface area contributed by atoms with Crippen LogP contribution in [0.2, 0.25) is 0 Å². The first-order valence-corrected chi connectivity index (χ1v) is 6.38. The second kappa shape index (κ2) is 9.34. The van der Waals surface area contributed by atoms with Crippen molar-refractivity contribution in [1.29, 1.82) is 0 Å². The molecule has 0 aromatic rings. The average molecular weight is 219 g/mol. The summed E-state index contributed by atoms with van der Waals surface area (Å²) in [6, 6.07) is 0. The fraction of sp³-hybridized carbons (Fsp3) is 0.900. The van der Waals surface area contributed by atoms with Gasteiger partial charge < -0.3 is 10.4 Å². The Kier molecular flexibility index (Phi) is 9.19. The van der Waals surface area contributed by atoms with E-state index in [1.54, 1.807) is 11.8 Å². The largest absolute Gasteiger partial charge is 0.391 e. The topological polar surface area (TPSA) is 49.3 Å². The van der Waals surface area contributed by atoms with Crippen LogP contribution in [0.15, 0.2) is 0 Å². The molecule has 4 heteroatoms. The van der Waals surface area contributed by atoms with Crippen molar-refractivity contribution in [3.63, 3.8) is 0 Å². The maximum Gasteiger partial charge on any atom is 0.220 e. The molecule has 84 valence electrons. The molecule has 0 saturated carbocycles. The molecule has 1 unspecified atom stereocenters. The molecule has 14 heavy (non-hydrogen) atoms. The molecule has 0 aromatic carbocycles. The predicted molar refractivity (Wildman–Crippen MR) is 61.5 cm³/mol. The van der Waals surface area contributed by atoms with Gasteiger partial charge in [0.15, 0.2) is 0 Å². The van der Waals surface area contributed by atoms with Crippen molar-refractivity contribution in [2.45, 2.75) is 39.2 Å². The molecule has 0 spiro atoms. The van der Waals surface area contributed by atoms with E-state index in [9.17, 15) is 9.90 Å². The molecule has 0 fully saturated rings. The van der Waals surface area contributed by atoms with Gasteiger partial charge in [0.25, 0.3) is 0 Å². The van der Waals surface area contributed by atoms with Crippen LogP contribution in [-0.2, 0) is 4.79 Å². The Morgan fingerprint density at radius 1 is 1.50 bits per heavy atom. The van der Waals surface area contributed by atoms with Gasteiger partial charge in [0.1, 0.15) is 0 Å². The van der Waals surface area contributed by atoms with Gasteiger partial charge >= 0.3 is 0 Å². The molecule has 0 bridgehead atoms. The van der Waals surface area contributed by atoms with Crippen molar-refractivity contribution in [3.05, 3.63) is 0 Å². The number of rotatable bonds is 8. The minimum atomic E-state index is -0.386. The predicted octanol–water partition coefficient (Wildman–Crippen LogP) is 1.41. The molecule has 0 aliphatic heterocycles. The lowest BCUT2D eigenvalue weighted by Crippen LogP contribution is -2.32. The van der Waals surface area contributed by atoms with E-state index in [-0.39, 0.29) is 12.0 Å². The molecule has 3 nitrogen and oxygen atoms in total. The molecule has 0 radical (unpaired) electrons. The van der Waals surface area contributed by atoms with Crippen LogP contribution in [0.4, 0.5) is 0 Å². The van der Waals surface area contributed by atoms with Gasteiger partial charge in [-0.2, -0.15) is 11.8 Å². The quantitative estimate of drug-likeness (QED) is 0.607. The SMILES string of the molecule is CCCC(O)CNC(=O)CCSCC. The highest BCUT2D eigenvalue weighted by atomic mass is 32.2. The summed E-state index contributed by atoms with van der Waals surface area (Å²) in [6.07, 6.45) is 1.87. The highest BCUT2D eigenvalue weighted by molar-refractivity contribution is 7.99. The lowest BCUT2D eigenvalue weighted by molar-refractivity contribution is -0.121. The van der Waals surface area contributed by atoms with Crippen LogP contribution >= 0.6 is 11.8 Å². The van der Waals surface area contributed by atoms with Gasteiger partial charge in [-0.15, -0.1) is 0 Å². The monoisotopic (exact) mass is 219 g/mol. The fourth-order valence-corrected chi connectivity index (χ4v) is 1.68. The third-order valence-electron chi connectivity index (χ3n) is 1.83. The second-order valence-corrected chi connectivity index (χ2v) is 4.59. The van der Waals surface area contributed by atoms with Gasteiger partial charge in [0.05, 0.1) is 6.10 Å². The first kappa shape index (κ1) is 13.8. The third kappa shape index (κ3) is 8.38. The van der Waals surface area contributed by atoms with Crippen molar-refractivity contribution < 1.29 is 9.90 Å². The highest BCUT2D eigenvalue weighted by Crippen LogP contribution is 2.00. The summed E-state index contributed by atoms with van der Waals surface area (Å²) in [7, 11) is 0. The lowest BCUT2D eigenvalue weighted by Gasteiger charge is -2.10. The number of amides is 1. The van der Waals surface area contributed by atoms with E-state index in [1.165, 1.54) is 0 Å². The summed E-state index contributed by atoms with van der Waals surface area (Å²) in [5, 5.41) is 12.1. The van der Waals surface area contributed by atoms with E-state index in [0.717, 1.165) is 24.3 Å². The smallest absolute Gasteiger partial charge is 0.220 e. The van der Waals surface area contributed by atoms with Gasteiger partial charge in [0, 0.05) is 18.7 Å². The Labute approximate surface area is 90.7 Å². The summed E-state index contributed by atoms with van der Waals surface area (Å²) in [6.45, 7) is 4.49. The summed E-state index contributed by atoms with van der Waals surface area (Å²) in [5.74, 6) is 1.96. The summed E-state index contributed by atoms with van der Waals surface area (Å²) in [5.41, 5.74) is 0. The van der Waals surface area contributed by atoms with Crippen LogP contribution in [0.25, 0.3) is 0 Å². The first-order chi connectivity index (χ1) is 6.70. The normalized spacial score (nSPS) is 12.5. The second-order valence-electron chi connectivity index (χ2n) is 3.19. The summed E-state index contributed by atoms with van der Waals surface area (Å²) in [4.78, 5) is 11.2. The number of thioether (sulfide) groups is 1. The van der Waals surface area contributed by atoms with E-state index in [0.29, 0.717) is 13.0 Å². The third-order valence-corrected chi connectivity index (χ3v) is 2.74. The van der Waals surface area contributed by atoms with Gasteiger partial charge in [0.2, 0.25) is 5.91 Å². The van der Waals surface area contributed by atoms with Crippen LogP contribution in [0, 0.1) is 0 Å². The van der Waals surface area contributed by atoms with E-state index in [2.05, 4.69) is 12.2 Å². The van der Waals surface area contributed by atoms with Crippen LogP contribution in [0.3, 0.4) is 0 Å². The van der Waals surface area contributed by atoms with E-state index < -0.39 is 0 Å². The van der Waals surface area contributed by atoms with E-state index in [4.69, 9.17) is 0 Å². The van der Waals surface area contributed by atoms with Crippen LogP contribution in [0.1, 0.15) is 33.1 Å². The van der Waals surface area contributed by atoms with E-state index in [1.807, 2.05) is 6.92 Å². The number of aliphatic hydroxyl groups excluding tert-OH is 1. The molecule has 1 atom stereocenters. The molecular formula is C10H21NO2S. The zero-order valence-electron chi connectivity index (χ0n) is 9.08. The zero-order chi connectivity index (χ0) is 10.8. The lowest BCUT2D eigenvalue weighted by atomic mass is 10.2. The van der Waals surface area contributed by atoms with Crippen molar-refractivity contribution in [2.75, 3.05) is 18.1 Å². The maximum absolute atomic E-state index is 11.2. The number of carbonyl (C=O) groups is 1. The molecule has 0 rings (SSSR count). The summed E-state index contributed by atoms with van der Waals surface area (Å²) < 4.78 is 0. The van der Waals surface area contributed by atoms with Crippen molar-refractivity contribution in [1.82, 2.24) is 5.32 Å². The highest BCUT2D eigenvalue weighted by Gasteiger charge is 2.05. The van der Waals surface area contributed by atoms with Crippen molar-refractivity contribution in [2.24, 2.45) is 0 Å². The molecule has 0 heterocycles. The number of aliphatic hydroxyl groups is 1. The Hall–Kier alpha value is -0.220. The number of carbonyl (C=O) groups excluding carboxylic acids is 1. The number of hydrogen-bond donors (Lipinski definition) is 2. The van der Waals surface area contributed by atoms with Gasteiger partial charge in [-0.1, -0.05) is 20.3 Å². The van der Waals surface area contributed by atoms with Gasteiger partial charge in [-0.05, 0) is 12.2 Å². The fourth-order valence-electron chi connectivity index (χ4n) is 1.06. The standard InChI is InChI=1S/C10H21NO2S/c1-3-5-9(12)8-11-10(13)6-7-14-4-2/h9,12H,3-8H2,1-2H3,(H,11,13). The van der Waals surface area contributed by atoms with Crippen molar-refractivity contribution >= 4 is 17.7 Å². The van der Waals surface area contributed by atoms with E-state index >= 15 is 0 Å². The Morgan fingerprint density at radius 2 is 2.21 bits per heavy atom. The Balaban J connectivity index is 3.34. The van der Waals surface area contributed by atoms with Crippen LogP contribution in [0.5, 0.6) is 0 Å². The zero-order valence-corrected chi connectivity index (χ0v) is 9.90. The minimum absolute atomic E-state index is 0.0427. The van der Waals surface area contributed by atoms with Gasteiger partial charge in [-0.25, -0.2) is 0 Å². The van der Waals surface area contributed by atoms with Crippen LogP contribution < -0.4 is 5.32 Å². The summed E-state index contributed by atoms with van der Waals surface area (Å²) >= 11 is 1.76. The average Bonchev–Trinajstić information content (AvgIpc) is 2.16. The Morgan fingerprint density at radius 3 is 2.79 bits per heavy atom. The molecule has 2 N–H and O–H groups in total.